The lowest BCUT2D eigenvalue weighted by Crippen LogP contribution is -2.31. The average molecular weight is 218 g/mol. The van der Waals surface area contributed by atoms with Crippen LogP contribution in [-0.2, 0) is 11.2 Å². The number of para-hydroxylation sites is 1. The summed E-state index contributed by atoms with van der Waals surface area (Å²) in [5, 5.41) is 0. The normalized spacial score (nSPS) is 20.8. The number of carbonyl (C=O) groups excluding carboxylic acids is 1. The highest BCUT2D eigenvalue weighted by atomic mass is 16.5. The minimum Gasteiger partial charge on any atom is -0.493 e. The Labute approximate surface area is 96.6 Å². The molecule has 2 unspecified atom stereocenters. The number of benzene rings is 1. The Bertz CT molecular complexity index is 384. The number of Topliss-reactive ketones (excluding diaryl/α,β-unsaturated/α-hetero) is 1. The number of ether oxygens (including phenoxy) is 1. The van der Waals surface area contributed by atoms with Crippen LogP contribution in [0.2, 0.25) is 0 Å². The fourth-order valence-electron chi connectivity index (χ4n) is 2.11. The fourth-order valence-corrected chi connectivity index (χ4v) is 2.11. The van der Waals surface area contributed by atoms with E-state index in [1.165, 1.54) is 0 Å². The predicted molar refractivity (Wildman–Crippen MR) is 63.6 cm³/mol. The maximum atomic E-state index is 12.1. The largest absolute Gasteiger partial charge is 0.493 e. The molecule has 0 saturated carbocycles. The summed E-state index contributed by atoms with van der Waals surface area (Å²) in [6.45, 7) is 4.60. The number of carbonyl (C=O) groups is 1. The molecule has 0 saturated heterocycles. The molecule has 0 bridgehead atoms. The van der Waals surface area contributed by atoms with E-state index in [0.717, 1.165) is 24.2 Å². The first-order valence-electron chi connectivity index (χ1n) is 5.96. The number of ketones is 1. The van der Waals surface area contributed by atoms with E-state index in [9.17, 15) is 4.79 Å². The van der Waals surface area contributed by atoms with Crippen molar-refractivity contribution in [3.05, 3.63) is 29.8 Å². The van der Waals surface area contributed by atoms with E-state index in [1.807, 2.05) is 31.2 Å². The molecule has 0 spiro atoms. The Morgan fingerprint density at radius 3 is 3.00 bits per heavy atom. The summed E-state index contributed by atoms with van der Waals surface area (Å²) in [7, 11) is 0. The number of hydrogen-bond acceptors (Lipinski definition) is 2. The van der Waals surface area contributed by atoms with Gasteiger partial charge in [0.1, 0.15) is 11.5 Å². The van der Waals surface area contributed by atoms with Crippen molar-refractivity contribution in [3.63, 3.8) is 0 Å². The Balaban J connectivity index is 2.11. The topological polar surface area (TPSA) is 26.3 Å². The first-order chi connectivity index (χ1) is 7.72. The highest BCUT2D eigenvalue weighted by Crippen LogP contribution is 2.28. The first kappa shape index (κ1) is 11.2. The van der Waals surface area contributed by atoms with Crippen LogP contribution in [0.15, 0.2) is 24.3 Å². The quantitative estimate of drug-likeness (QED) is 0.779. The van der Waals surface area contributed by atoms with Gasteiger partial charge in [0.25, 0.3) is 0 Å². The van der Waals surface area contributed by atoms with Crippen molar-refractivity contribution in [2.75, 3.05) is 6.61 Å². The molecule has 0 amide bonds. The van der Waals surface area contributed by atoms with Gasteiger partial charge in [0.05, 0.1) is 12.5 Å². The van der Waals surface area contributed by atoms with Gasteiger partial charge < -0.3 is 4.74 Å². The molecule has 0 N–H and O–H groups in total. The summed E-state index contributed by atoms with van der Waals surface area (Å²) in [5.74, 6) is 1.48. The monoisotopic (exact) mass is 218 g/mol. The number of rotatable bonds is 3. The van der Waals surface area contributed by atoms with Gasteiger partial charge in [-0.25, -0.2) is 0 Å². The van der Waals surface area contributed by atoms with Crippen LogP contribution in [0.25, 0.3) is 0 Å². The van der Waals surface area contributed by atoms with Gasteiger partial charge in [-0.1, -0.05) is 32.0 Å². The summed E-state index contributed by atoms with van der Waals surface area (Å²) in [6, 6.07) is 7.98. The van der Waals surface area contributed by atoms with E-state index >= 15 is 0 Å². The molecule has 0 aromatic heterocycles. The van der Waals surface area contributed by atoms with Gasteiger partial charge in [0.15, 0.2) is 0 Å². The smallest absolute Gasteiger partial charge is 0.142 e. The Morgan fingerprint density at radius 2 is 2.25 bits per heavy atom. The lowest BCUT2D eigenvalue weighted by Gasteiger charge is -2.25. The van der Waals surface area contributed by atoms with Gasteiger partial charge in [-0.2, -0.15) is 0 Å². The molecule has 1 aromatic carbocycles. The van der Waals surface area contributed by atoms with Crippen molar-refractivity contribution in [2.45, 2.75) is 26.7 Å². The Morgan fingerprint density at radius 1 is 1.50 bits per heavy atom. The summed E-state index contributed by atoms with van der Waals surface area (Å²) in [5.41, 5.74) is 1.16. The summed E-state index contributed by atoms with van der Waals surface area (Å²) in [6.07, 6.45) is 1.75. The third-order valence-electron chi connectivity index (χ3n) is 3.38. The lowest BCUT2D eigenvalue weighted by atomic mass is 9.86. The van der Waals surface area contributed by atoms with Gasteiger partial charge in [0.2, 0.25) is 0 Å². The maximum absolute atomic E-state index is 12.1. The molecule has 1 aliphatic heterocycles. The molecule has 1 heterocycles. The van der Waals surface area contributed by atoms with Crippen molar-refractivity contribution in [2.24, 2.45) is 11.8 Å². The molecule has 2 rings (SSSR count). The molecule has 1 aliphatic rings. The third-order valence-corrected chi connectivity index (χ3v) is 3.38. The summed E-state index contributed by atoms with van der Waals surface area (Å²) >= 11 is 0. The summed E-state index contributed by atoms with van der Waals surface area (Å²) < 4.78 is 5.63. The van der Waals surface area contributed by atoms with Crippen LogP contribution in [0.3, 0.4) is 0 Å². The van der Waals surface area contributed by atoms with Crippen LogP contribution >= 0.6 is 0 Å². The molecule has 2 heteroatoms. The van der Waals surface area contributed by atoms with Crippen molar-refractivity contribution in [3.8, 4) is 5.75 Å². The number of hydrogen-bond donors (Lipinski definition) is 0. The molecular formula is C14H18O2. The third kappa shape index (κ3) is 2.11. The highest BCUT2D eigenvalue weighted by molar-refractivity contribution is 5.83. The van der Waals surface area contributed by atoms with Gasteiger partial charge in [-0.15, -0.1) is 0 Å². The molecule has 16 heavy (non-hydrogen) atoms. The molecular weight excluding hydrogens is 200 g/mol. The molecule has 2 nitrogen and oxygen atoms in total. The molecule has 0 fully saturated rings. The highest BCUT2D eigenvalue weighted by Gasteiger charge is 2.27. The van der Waals surface area contributed by atoms with E-state index < -0.39 is 0 Å². The summed E-state index contributed by atoms with van der Waals surface area (Å²) in [4.78, 5) is 12.1. The zero-order valence-corrected chi connectivity index (χ0v) is 9.90. The standard InChI is InChI=1S/C14H18O2/c1-3-10(2)14(15)12-8-11-6-4-5-7-13(11)16-9-12/h4-7,10,12H,3,8-9H2,1-2H3. The molecule has 2 atom stereocenters. The van der Waals surface area contributed by atoms with Crippen molar-refractivity contribution >= 4 is 5.78 Å². The fraction of sp³-hybridized carbons (Fsp3) is 0.500. The van der Waals surface area contributed by atoms with E-state index in [4.69, 9.17) is 4.74 Å². The van der Waals surface area contributed by atoms with E-state index in [-0.39, 0.29) is 11.8 Å². The second kappa shape index (κ2) is 4.69. The van der Waals surface area contributed by atoms with E-state index in [0.29, 0.717) is 12.4 Å². The molecule has 0 radical (unpaired) electrons. The zero-order valence-electron chi connectivity index (χ0n) is 9.90. The second-order valence-electron chi connectivity index (χ2n) is 4.53. The molecule has 0 aliphatic carbocycles. The molecule has 86 valence electrons. The van der Waals surface area contributed by atoms with Gasteiger partial charge in [-0.3, -0.25) is 4.79 Å². The van der Waals surface area contributed by atoms with Gasteiger partial charge in [-0.05, 0) is 24.5 Å². The first-order valence-corrected chi connectivity index (χ1v) is 5.96. The second-order valence-corrected chi connectivity index (χ2v) is 4.53. The van der Waals surface area contributed by atoms with Crippen LogP contribution in [0.1, 0.15) is 25.8 Å². The zero-order chi connectivity index (χ0) is 11.5. The van der Waals surface area contributed by atoms with Crippen LogP contribution < -0.4 is 4.74 Å². The SMILES string of the molecule is CCC(C)C(=O)C1COc2ccccc2C1. The molecule has 1 aromatic rings. The van der Waals surface area contributed by atoms with Crippen LogP contribution in [-0.4, -0.2) is 12.4 Å². The van der Waals surface area contributed by atoms with Gasteiger partial charge in [0, 0.05) is 5.92 Å². The Hall–Kier alpha value is -1.31. The average Bonchev–Trinajstić information content (AvgIpc) is 2.36. The van der Waals surface area contributed by atoms with Crippen molar-refractivity contribution in [1.29, 1.82) is 0 Å². The van der Waals surface area contributed by atoms with E-state index in [2.05, 4.69) is 6.92 Å². The lowest BCUT2D eigenvalue weighted by molar-refractivity contribution is -0.127. The maximum Gasteiger partial charge on any atom is 0.142 e. The predicted octanol–water partition coefficient (Wildman–Crippen LogP) is 2.85. The minimum absolute atomic E-state index is 0.0462. The van der Waals surface area contributed by atoms with Crippen molar-refractivity contribution < 1.29 is 9.53 Å². The minimum atomic E-state index is 0.0462. The Kier molecular flexibility index (Phi) is 3.28. The van der Waals surface area contributed by atoms with Crippen molar-refractivity contribution in [1.82, 2.24) is 0 Å². The number of fused-ring (bicyclic) bond motifs is 1. The van der Waals surface area contributed by atoms with Crippen LogP contribution in [0.4, 0.5) is 0 Å². The van der Waals surface area contributed by atoms with E-state index in [1.54, 1.807) is 0 Å². The van der Waals surface area contributed by atoms with Crippen LogP contribution in [0.5, 0.6) is 5.75 Å². The van der Waals surface area contributed by atoms with Gasteiger partial charge >= 0.3 is 0 Å². The van der Waals surface area contributed by atoms with Crippen LogP contribution in [0, 0.1) is 11.8 Å².